The van der Waals surface area contributed by atoms with Crippen molar-refractivity contribution in [3.63, 3.8) is 0 Å². The number of aryl methyl sites for hydroxylation is 1. The summed E-state index contributed by atoms with van der Waals surface area (Å²) in [7, 11) is 1.27. The van der Waals surface area contributed by atoms with Crippen molar-refractivity contribution in [3.8, 4) is 0 Å². The van der Waals surface area contributed by atoms with Crippen LogP contribution in [-0.4, -0.2) is 30.1 Å². The first-order chi connectivity index (χ1) is 9.71. The van der Waals surface area contributed by atoms with E-state index in [0.29, 0.717) is 10.6 Å². The summed E-state index contributed by atoms with van der Waals surface area (Å²) in [6, 6.07) is 0. The smallest absolute Gasteiger partial charge is 0.350 e. The van der Waals surface area contributed by atoms with E-state index in [1.165, 1.54) is 18.4 Å². The summed E-state index contributed by atoms with van der Waals surface area (Å²) in [4.78, 5) is 35.4. The molecular weight excluding hydrogens is 294 g/mol. The van der Waals surface area contributed by atoms with E-state index in [4.69, 9.17) is 5.11 Å². The Morgan fingerprint density at radius 3 is 2.43 bits per heavy atom. The van der Waals surface area contributed by atoms with Gasteiger partial charge in [-0.2, -0.15) is 0 Å². The Balaban J connectivity index is 2.20. The van der Waals surface area contributed by atoms with Gasteiger partial charge < -0.3 is 15.2 Å². The number of thiophene rings is 1. The topological polar surface area (TPSA) is 92.7 Å². The molecule has 1 aliphatic rings. The number of ether oxygens (including phenoxy) is 1. The Hall–Kier alpha value is -1.89. The van der Waals surface area contributed by atoms with Crippen molar-refractivity contribution in [2.45, 2.75) is 20.8 Å². The number of esters is 1. The van der Waals surface area contributed by atoms with Gasteiger partial charge in [0.1, 0.15) is 4.88 Å². The molecule has 0 saturated heterocycles. The number of hydrogen-bond donors (Lipinski definition) is 2. The fourth-order valence-corrected chi connectivity index (χ4v) is 3.55. The van der Waals surface area contributed by atoms with Gasteiger partial charge >= 0.3 is 11.9 Å². The molecular formula is C14H17NO5S. The highest BCUT2D eigenvalue weighted by atomic mass is 32.1. The molecule has 0 spiro atoms. The van der Waals surface area contributed by atoms with Crippen molar-refractivity contribution in [3.05, 3.63) is 15.8 Å². The number of rotatable bonds is 4. The molecule has 114 valence electrons. The SMILES string of the molecule is COC(=O)c1scc(C)c1NC(=O)C1C(C(=O)O)C1(C)C. The molecule has 1 amide bonds. The van der Waals surface area contributed by atoms with Crippen LogP contribution in [0.25, 0.3) is 0 Å². The van der Waals surface area contributed by atoms with Gasteiger partial charge in [-0.15, -0.1) is 11.3 Å². The molecule has 2 unspecified atom stereocenters. The molecule has 0 aromatic carbocycles. The number of aliphatic carboxylic acids is 1. The summed E-state index contributed by atoms with van der Waals surface area (Å²) in [6.45, 7) is 5.26. The van der Waals surface area contributed by atoms with E-state index < -0.39 is 29.2 Å². The van der Waals surface area contributed by atoms with Gasteiger partial charge in [0.2, 0.25) is 5.91 Å². The second-order valence-electron chi connectivity index (χ2n) is 5.72. The third-order valence-electron chi connectivity index (χ3n) is 3.97. The Labute approximate surface area is 126 Å². The summed E-state index contributed by atoms with van der Waals surface area (Å²) >= 11 is 1.18. The normalized spacial score (nSPS) is 22.5. The van der Waals surface area contributed by atoms with E-state index >= 15 is 0 Å². The zero-order valence-corrected chi connectivity index (χ0v) is 13.0. The second-order valence-corrected chi connectivity index (χ2v) is 6.60. The molecule has 6 nitrogen and oxygen atoms in total. The molecule has 0 bridgehead atoms. The highest BCUT2D eigenvalue weighted by Crippen LogP contribution is 2.58. The Bertz CT molecular complexity index is 619. The summed E-state index contributed by atoms with van der Waals surface area (Å²) in [5.41, 5.74) is 0.577. The summed E-state index contributed by atoms with van der Waals surface area (Å²) in [6.07, 6.45) is 0. The van der Waals surface area contributed by atoms with Gasteiger partial charge in [0, 0.05) is 0 Å². The molecule has 1 heterocycles. The van der Waals surface area contributed by atoms with Crippen molar-refractivity contribution in [2.75, 3.05) is 12.4 Å². The Morgan fingerprint density at radius 2 is 1.95 bits per heavy atom. The number of hydrogen-bond acceptors (Lipinski definition) is 5. The average molecular weight is 311 g/mol. The molecule has 21 heavy (non-hydrogen) atoms. The number of carboxylic acids is 1. The molecule has 1 fully saturated rings. The van der Waals surface area contributed by atoms with Crippen LogP contribution in [-0.2, 0) is 14.3 Å². The van der Waals surface area contributed by atoms with Crippen LogP contribution in [0.15, 0.2) is 5.38 Å². The average Bonchev–Trinajstić information content (AvgIpc) is 2.82. The predicted molar refractivity (Wildman–Crippen MR) is 77.4 cm³/mol. The van der Waals surface area contributed by atoms with Crippen molar-refractivity contribution < 1.29 is 24.2 Å². The fraction of sp³-hybridized carbons (Fsp3) is 0.500. The number of anilines is 1. The van der Waals surface area contributed by atoms with Crippen LogP contribution in [0.4, 0.5) is 5.69 Å². The monoisotopic (exact) mass is 311 g/mol. The molecule has 0 aliphatic heterocycles. The number of methoxy groups -OCH3 is 1. The molecule has 2 atom stereocenters. The number of nitrogens with one attached hydrogen (secondary N) is 1. The van der Waals surface area contributed by atoms with E-state index in [9.17, 15) is 14.4 Å². The first-order valence-corrected chi connectivity index (χ1v) is 7.29. The van der Waals surface area contributed by atoms with Crippen molar-refractivity contribution in [1.29, 1.82) is 0 Å². The highest BCUT2D eigenvalue weighted by Gasteiger charge is 2.66. The van der Waals surface area contributed by atoms with Gasteiger partial charge in [0.25, 0.3) is 0 Å². The lowest BCUT2D eigenvalue weighted by Crippen LogP contribution is -2.19. The standard InChI is InChI=1S/C14H17NO5S/c1-6-5-21-10(13(19)20-4)9(6)15-11(16)7-8(12(17)18)14(7,2)3/h5,7-8H,1-4H3,(H,15,16)(H,17,18). The zero-order chi connectivity index (χ0) is 15.9. The third-order valence-corrected chi connectivity index (χ3v) is 5.05. The molecule has 1 aromatic rings. The van der Waals surface area contributed by atoms with Crippen molar-refractivity contribution in [2.24, 2.45) is 17.3 Å². The molecule has 1 saturated carbocycles. The summed E-state index contributed by atoms with van der Waals surface area (Å²) < 4.78 is 4.67. The van der Waals surface area contributed by atoms with Crippen LogP contribution in [0.2, 0.25) is 0 Å². The third kappa shape index (κ3) is 2.53. The summed E-state index contributed by atoms with van der Waals surface area (Å²) in [5, 5.41) is 13.5. The number of carbonyl (C=O) groups is 3. The minimum absolute atomic E-state index is 0.314. The lowest BCUT2D eigenvalue weighted by molar-refractivity contribution is -0.140. The zero-order valence-electron chi connectivity index (χ0n) is 12.2. The maximum atomic E-state index is 12.3. The van der Waals surface area contributed by atoms with E-state index in [2.05, 4.69) is 10.1 Å². The largest absolute Gasteiger partial charge is 0.481 e. The Morgan fingerprint density at radius 1 is 1.33 bits per heavy atom. The van der Waals surface area contributed by atoms with Gasteiger partial charge in [-0.25, -0.2) is 4.79 Å². The molecule has 7 heteroatoms. The second kappa shape index (κ2) is 5.14. The minimum atomic E-state index is -0.976. The predicted octanol–water partition coefficient (Wildman–Crippen LogP) is 2.14. The van der Waals surface area contributed by atoms with Crippen molar-refractivity contribution in [1.82, 2.24) is 0 Å². The molecule has 1 aromatic heterocycles. The lowest BCUT2D eigenvalue weighted by atomic mass is 10.1. The number of amides is 1. The summed E-state index contributed by atoms with van der Waals surface area (Å²) in [5.74, 6) is -3.17. The van der Waals surface area contributed by atoms with Gasteiger partial charge in [0.05, 0.1) is 24.6 Å². The Kier molecular flexibility index (Phi) is 3.79. The van der Waals surface area contributed by atoms with E-state index in [1.807, 2.05) is 0 Å². The van der Waals surface area contributed by atoms with Crippen LogP contribution in [0, 0.1) is 24.2 Å². The molecule has 1 aliphatic carbocycles. The van der Waals surface area contributed by atoms with E-state index in [1.54, 1.807) is 26.2 Å². The maximum absolute atomic E-state index is 12.3. The van der Waals surface area contributed by atoms with Crippen LogP contribution >= 0.6 is 11.3 Å². The van der Waals surface area contributed by atoms with Gasteiger partial charge in [0.15, 0.2) is 0 Å². The maximum Gasteiger partial charge on any atom is 0.350 e. The quantitative estimate of drug-likeness (QED) is 0.831. The van der Waals surface area contributed by atoms with Crippen LogP contribution in [0.1, 0.15) is 29.1 Å². The highest BCUT2D eigenvalue weighted by molar-refractivity contribution is 7.12. The number of carboxylic acid groups (broad SMARTS) is 1. The van der Waals surface area contributed by atoms with Crippen LogP contribution in [0.3, 0.4) is 0 Å². The molecule has 2 N–H and O–H groups in total. The van der Waals surface area contributed by atoms with Gasteiger partial charge in [-0.1, -0.05) is 13.8 Å². The van der Waals surface area contributed by atoms with E-state index in [0.717, 1.165) is 5.56 Å². The van der Waals surface area contributed by atoms with Crippen LogP contribution < -0.4 is 5.32 Å². The lowest BCUT2D eigenvalue weighted by Gasteiger charge is -2.08. The minimum Gasteiger partial charge on any atom is -0.481 e. The molecule has 0 radical (unpaired) electrons. The first kappa shape index (κ1) is 15.5. The van der Waals surface area contributed by atoms with Crippen molar-refractivity contribution >= 4 is 34.9 Å². The first-order valence-electron chi connectivity index (χ1n) is 6.41. The number of carbonyl (C=O) groups excluding carboxylic acids is 2. The fourth-order valence-electron chi connectivity index (χ4n) is 2.63. The molecule has 2 rings (SSSR count). The van der Waals surface area contributed by atoms with Crippen LogP contribution in [0.5, 0.6) is 0 Å². The van der Waals surface area contributed by atoms with Gasteiger partial charge in [-0.05, 0) is 23.3 Å². The van der Waals surface area contributed by atoms with Gasteiger partial charge in [-0.3, -0.25) is 9.59 Å². The van der Waals surface area contributed by atoms with E-state index in [-0.39, 0.29) is 5.91 Å².